The number of aromatic hydroxyl groups is 1. The molecule has 0 aromatic heterocycles. The smallest absolute Gasteiger partial charge is 0.220 e. The lowest BCUT2D eigenvalue weighted by molar-refractivity contribution is -0.122. The Bertz CT molecular complexity index is 675. The van der Waals surface area contributed by atoms with Gasteiger partial charge in [0.15, 0.2) is 0 Å². The lowest BCUT2D eigenvalue weighted by Crippen LogP contribution is -2.43. The molecular formula is C16H24N2O5S. The van der Waals surface area contributed by atoms with Gasteiger partial charge in [-0.05, 0) is 24.1 Å². The van der Waals surface area contributed by atoms with Gasteiger partial charge in [-0.3, -0.25) is 4.79 Å². The predicted octanol–water partition coefficient (Wildman–Crippen LogP) is 0.347. The molecule has 1 saturated heterocycles. The highest BCUT2D eigenvalue weighted by Crippen LogP contribution is 2.18. The van der Waals surface area contributed by atoms with Gasteiger partial charge in [0.05, 0.1) is 25.0 Å². The fourth-order valence-corrected chi connectivity index (χ4v) is 3.76. The zero-order valence-corrected chi connectivity index (χ0v) is 14.8. The van der Waals surface area contributed by atoms with Crippen LogP contribution in [0.4, 0.5) is 0 Å². The first-order valence-electron chi connectivity index (χ1n) is 7.83. The van der Waals surface area contributed by atoms with Crippen molar-refractivity contribution in [2.75, 3.05) is 33.1 Å². The van der Waals surface area contributed by atoms with Crippen LogP contribution in [0.1, 0.15) is 12.0 Å². The Kier molecular flexibility index (Phi) is 6.20. The van der Waals surface area contributed by atoms with Crippen molar-refractivity contribution in [1.82, 2.24) is 9.62 Å². The average Bonchev–Trinajstić information content (AvgIpc) is 2.91. The number of sulfonamides is 1. The molecule has 1 aromatic carbocycles. The third kappa shape index (κ3) is 5.19. The normalized spacial score (nSPS) is 21.1. The number of aryl methyl sites for hydroxylation is 1. The maximum atomic E-state index is 12.1. The molecule has 2 atom stereocenters. The van der Waals surface area contributed by atoms with Crippen molar-refractivity contribution in [3.63, 3.8) is 0 Å². The number of nitrogens with zero attached hydrogens (tertiary/aromatic N) is 1. The molecular weight excluding hydrogens is 332 g/mol. The van der Waals surface area contributed by atoms with Crippen molar-refractivity contribution in [1.29, 1.82) is 0 Å². The van der Waals surface area contributed by atoms with Gasteiger partial charge in [0.1, 0.15) is 5.75 Å². The minimum absolute atomic E-state index is 0.0441. The number of hydrogen-bond acceptors (Lipinski definition) is 5. The second-order valence-electron chi connectivity index (χ2n) is 6.20. The van der Waals surface area contributed by atoms with E-state index in [0.29, 0.717) is 19.6 Å². The van der Waals surface area contributed by atoms with Gasteiger partial charge in [-0.25, -0.2) is 12.7 Å². The zero-order valence-electron chi connectivity index (χ0n) is 13.9. The molecule has 1 aliphatic heterocycles. The van der Waals surface area contributed by atoms with E-state index in [1.807, 2.05) is 6.07 Å². The summed E-state index contributed by atoms with van der Waals surface area (Å²) in [5.74, 6) is -0.272. The average molecular weight is 356 g/mol. The summed E-state index contributed by atoms with van der Waals surface area (Å²) in [6.07, 6.45) is 0.779. The Morgan fingerprint density at radius 3 is 2.79 bits per heavy atom. The molecule has 1 aliphatic rings. The summed E-state index contributed by atoms with van der Waals surface area (Å²) in [4.78, 5) is 12.1. The van der Waals surface area contributed by atoms with E-state index in [1.54, 1.807) is 18.2 Å². The molecule has 0 radical (unpaired) electrons. The van der Waals surface area contributed by atoms with Crippen LogP contribution in [0.2, 0.25) is 0 Å². The molecule has 0 saturated carbocycles. The van der Waals surface area contributed by atoms with Gasteiger partial charge in [-0.15, -0.1) is 0 Å². The van der Waals surface area contributed by atoms with Crippen LogP contribution in [0.3, 0.4) is 0 Å². The van der Waals surface area contributed by atoms with Gasteiger partial charge in [0.25, 0.3) is 0 Å². The number of benzene rings is 1. The third-order valence-corrected chi connectivity index (χ3v) is 6.04. The number of phenolic OH excluding ortho intramolecular Hbond substituents is 1. The number of phenols is 1. The summed E-state index contributed by atoms with van der Waals surface area (Å²) in [7, 11) is -0.348. The van der Waals surface area contributed by atoms with E-state index < -0.39 is 10.0 Å². The Labute approximate surface area is 142 Å². The third-order valence-electron chi connectivity index (χ3n) is 4.08. The van der Waals surface area contributed by atoms with E-state index in [-0.39, 0.29) is 35.8 Å². The minimum Gasteiger partial charge on any atom is -0.508 e. The van der Waals surface area contributed by atoms with Crippen LogP contribution in [0.25, 0.3) is 0 Å². The maximum absolute atomic E-state index is 12.1. The number of carbonyl (C=O) groups is 1. The molecule has 0 aliphatic carbocycles. The molecule has 0 spiro atoms. The van der Waals surface area contributed by atoms with Crippen LogP contribution >= 0.6 is 0 Å². The summed E-state index contributed by atoms with van der Waals surface area (Å²) < 4.78 is 30.5. The SMILES string of the molecule is CN(C)S(=O)(=O)C[C@@H]1COC[C@H]1NC(=O)CCc1cccc(O)c1. The van der Waals surface area contributed by atoms with Gasteiger partial charge in [0, 0.05) is 26.4 Å². The summed E-state index contributed by atoms with van der Waals surface area (Å²) in [5, 5.41) is 12.3. The van der Waals surface area contributed by atoms with E-state index in [2.05, 4.69) is 5.32 Å². The maximum Gasteiger partial charge on any atom is 0.220 e. The highest BCUT2D eigenvalue weighted by Gasteiger charge is 2.33. The molecule has 2 N–H and O–H groups in total. The Morgan fingerprint density at radius 2 is 2.12 bits per heavy atom. The monoisotopic (exact) mass is 356 g/mol. The van der Waals surface area contributed by atoms with Crippen molar-refractivity contribution < 1.29 is 23.1 Å². The van der Waals surface area contributed by atoms with Crippen LogP contribution < -0.4 is 5.32 Å². The first-order valence-corrected chi connectivity index (χ1v) is 9.44. The number of carbonyl (C=O) groups excluding carboxylic acids is 1. The summed E-state index contributed by atoms with van der Waals surface area (Å²) in [6.45, 7) is 0.649. The molecule has 24 heavy (non-hydrogen) atoms. The first-order chi connectivity index (χ1) is 11.3. The fraction of sp³-hybridized carbons (Fsp3) is 0.562. The largest absolute Gasteiger partial charge is 0.508 e. The number of rotatable bonds is 7. The summed E-state index contributed by atoms with van der Waals surface area (Å²) >= 11 is 0. The summed E-state index contributed by atoms with van der Waals surface area (Å²) in [5.41, 5.74) is 0.875. The van der Waals surface area contributed by atoms with E-state index >= 15 is 0 Å². The molecule has 8 heteroatoms. The standard InChI is InChI=1S/C16H24N2O5S/c1-18(2)24(21,22)11-13-9-23-10-15(13)17-16(20)7-6-12-4-3-5-14(19)8-12/h3-5,8,13,15,19H,6-7,9-11H2,1-2H3,(H,17,20)/t13-,15+/m0/s1. The second-order valence-corrected chi connectivity index (χ2v) is 8.43. The van der Waals surface area contributed by atoms with Crippen molar-refractivity contribution >= 4 is 15.9 Å². The van der Waals surface area contributed by atoms with Crippen molar-refractivity contribution in [3.8, 4) is 5.75 Å². The van der Waals surface area contributed by atoms with Crippen LogP contribution in [0.5, 0.6) is 5.75 Å². The van der Waals surface area contributed by atoms with Gasteiger partial charge in [0.2, 0.25) is 15.9 Å². The van der Waals surface area contributed by atoms with E-state index in [1.165, 1.54) is 18.4 Å². The minimum atomic E-state index is -3.34. The lowest BCUT2D eigenvalue weighted by atomic mass is 10.1. The topological polar surface area (TPSA) is 95.9 Å². The number of amides is 1. The molecule has 1 fully saturated rings. The molecule has 0 bridgehead atoms. The van der Waals surface area contributed by atoms with Crippen LogP contribution in [-0.4, -0.2) is 62.8 Å². The first kappa shape index (κ1) is 18.7. The highest BCUT2D eigenvalue weighted by molar-refractivity contribution is 7.89. The number of ether oxygens (including phenoxy) is 1. The zero-order chi connectivity index (χ0) is 17.7. The fourth-order valence-electron chi connectivity index (χ4n) is 2.59. The lowest BCUT2D eigenvalue weighted by Gasteiger charge is -2.21. The molecule has 7 nitrogen and oxygen atoms in total. The molecule has 1 amide bonds. The molecule has 0 unspecified atom stereocenters. The molecule has 1 heterocycles. The highest BCUT2D eigenvalue weighted by atomic mass is 32.2. The van der Waals surface area contributed by atoms with Crippen molar-refractivity contribution in [2.45, 2.75) is 18.9 Å². The molecule has 2 rings (SSSR count). The Hall–Kier alpha value is -1.64. The second kappa shape index (κ2) is 7.96. The van der Waals surface area contributed by atoms with Crippen LogP contribution in [0, 0.1) is 5.92 Å². The van der Waals surface area contributed by atoms with Gasteiger partial charge in [-0.2, -0.15) is 0 Å². The van der Waals surface area contributed by atoms with E-state index in [9.17, 15) is 18.3 Å². The molecule has 134 valence electrons. The van der Waals surface area contributed by atoms with Gasteiger partial charge in [-0.1, -0.05) is 12.1 Å². The Balaban J connectivity index is 1.86. The van der Waals surface area contributed by atoms with E-state index in [0.717, 1.165) is 5.56 Å². The van der Waals surface area contributed by atoms with E-state index in [4.69, 9.17) is 4.74 Å². The summed E-state index contributed by atoms with van der Waals surface area (Å²) in [6, 6.07) is 6.48. The Morgan fingerprint density at radius 1 is 1.38 bits per heavy atom. The number of hydrogen-bond donors (Lipinski definition) is 2. The number of nitrogens with one attached hydrogen (secondary N) is 1. The van der Waals surface area contributed by atoms with Gasteiger partial charge >= 0.3 is 0 Å². The van der Waals surface area contributed by atoms with Crippen LogP contribution in [0.15, 0.2) is 24.3 Å². The van der Waals surface area contributed by atoms with Crippen molar-refractivity contribution in [2.24, 2.45) is 5.92 Å². The quantitative estimate of drug-likeness (QED) is 0.735. The van der Waals surface area contributed by atoms with Crippen molar-refractivity contribution in [3.05, 3.63) is 29.8 Å². The predicted molar refractivity (Wildman–Crippen MR) is 90.1 cm³/mol. The van der Waals surface area contributed by atoms with Crippen LogP contribution in [-0.2, 0) is 26.0 Å². The molecule has 1 aromatic rings. The van der Waals surface area contributed by atoms with Gasteiger partial charge < -0.3 is 15.2 Å².